The van der Waals surface area contributed by atoms with Crippen LogP contribution in [0.25, 0.3) is 0 Å². The number of imide groups is 1. The quantitative estimate of drug-likeness (QED) is 0.0567. The van der Waals surface area contributed by atoms with Gasteiger partial charge in [-0.1, -0.05) is 54.1 Å². The Morgan fingerprint density at radius 1 is 1.05 bits per heavy atom. The average molecular weight is 859 g/mol. The lowest BCUT2D eigenvalue weighted by atomic mass is 9.99. The molecule has 19 heteroatoms. The highest BCUT2D eigenvalue weighted by Crippen LogP contribution is 2.40. The minimum atomic E-state index is -4.71. The smallest absolute Gasteiger partial charge is 0.433 e. The van der Waals surface area contributed by atoms with E-state index in [-0.39, 0.29) is 74.0 Å². The van der Waals surface area contributed by atoms with Crippen LogP contribution in [-0.4, -0.2) is 62.1 Å². The van der Waals surface area contributed by atoms with E-state index >= 15 is 0 Å². The highest BCUT2D eigenvalue weighted by atomic mass is 35.5. The van der Waals surface area contributed by atoms with Gasteiger partial charge >= 0.3 is 18.8 Å². The Bertz CT molecular complexity index is 2230. The van der Waals surface area contributed by atoms with Gasteiger partial charge in [-0.25, -0.2) is 8.42 Å². The number of ether oxygens (including phenoxy) is 3. The van der Waals surface area contributed by atoms with Crippen LogP contribution in [0.2, 0.25) is 0 Å². The second-order valence-corrected chi connectivity index (χ2v) is 15.7. The topological polar surface area (TPSA) is 132 Å². The third-order valence-electron chi connectivity index (χ3n) is 8.77. The summed E-state index contributed by atoms with van der Waals surface area (Å²) < 4.78 is 108. The Morgan fingerprint density at radius 2 is 1.75 bits per heavy atom. The van der Waals surface area contributed by atoms with Crippen molar-refractivity contribution in [1.29, 1.82) is 0 Å². The molecule has 0 bridgehead atoms. The van der Waals surface area contributed by atoms with Gasteiger partial charge in [0.15, 0.2) is 11.5 Å². The molecule has 2 amide bonds. The monoisotopic (exact) mass is 857 g/mol. The highest BCUT2D eigenvalue weighted by molar-refractivity contribution is 7.92. The van der Waals surface area contributed by atoms with E-state index < -0.39 is 65.5 Å². The summed E-state index contributed by atoms with van der Waals surface area (Å²) in [5, 5.41) is 0.286. The zero-order chi connectivity index (χ0) is 41.8. The molecule has 1 aliphatic carbocycles. The molecular weight excluding hydrogens is 824 g/mol. The molecule has 57 heavy (non-hydrogen) atoms. The maximum Gasteiger partial charge on any atom is 0.433 e. The Hall–Kier alpha value is -5.00. The van der Waals surface area contributed by atoms with E-state index in [2.05, 4.69) is 16.3 Å². The Morgan fingerprint density at radius 3 is 2.33 bits per heavy atom. The van der Waals surface area contributed by atoms with Crippen molar-refractivity contribution in [3.63, 3.8) is 0 Å². The number of pyridine rings is 1. The van der Waals surface area contributed by atoms with Crippen molar-refractivity contribution in [3.8, 4) is 11.5 Å². The molecule has 1 saturated carbocycles. The molecule has 1 fully saturated rings. The SMILES string of the molecule is C=C/C(Cl)=C(C[C@H](OC(=O)CN1C(=O)c2ccc(N(Cc3ccc(C(F)(F)F)nc3)S(C)(=O)=O)cc2C1=O)c1ccc(OC(F)F)c(OCC2CC2)c1)\C(Cl)=C/C. The molecule has 1 atom stereocenters. The van der Waals surface area contributed by atoms with E-state index in [4.69, 9.17) is 32.7 Å². The lowest BCUT2D eigenvalue weighted by molar-refractivity contribution is -0.149. The van der Waals surface area contributed by atoms with Gasteiger partial charge in [0.05, 0.1) is 36.2 Å². The number of carbonyl (C=O) groups is 3. The molecule has 0 unspecified atom stereocenters. The van der Waals surface area contributed by atoms with Crippen molar-refractivity contribution in [2.24, 2.45) is 5.92 Å². The first-order valence-electron chi connectivity index (χ1n) is 17.0. The number of carbonyl (C=O) groups excluding carboxylic acids is 3. The molecule has 11 nitrogen and oxygen atoms in total. The van der Waals surface area contributed by atoms with Crippen LogP contribution in [0.4, 0.5) is 27.6 Å². The average Bonchev–Trinajstić information content (AvgIpc) is 3.96. The van der Waals surface area contributed by atoms with Crippen molar-refractivity contribution in [2.45, 2.75) is 51.6 Å². The molecular formula is C38H34Cl2F5N3O8S. The second-order valence-electron chi connectivity index (χ2n) is 12.9. The number of hydrogen-bond donors (Lipinski definition) is 0. The van der Waals surface area contributed by atoms with Crippen LogP contribution in [0.5, 0.6) is 11.5 Å². The van der Waals surface area contributed by atoms with Crippen LogP contribution in [0.1, 0.15) is 69.8 Å². The maximum atomic E-state index is 13.6. The predicted molar refractivity (Wildman–Crippen MR) is 200 cm³/mol. The highest BCUT2D eigenvalue weighted by Gasteiger charge is 2.39. The third-order valence-corrected chi connectivity index (χ3v) is 10.7. The zero-order valence-electron chi connectivity index (χ0n) is 30.2. The number of halogens is 7. The molecule has 1 aromatic heterocycles. The molecule has 5 rings (SSSR count). The first-order chi connectivity index (χ1) is 26.8. The zero-order valence-corrected chi connectivity index (χ0v) is 32.5. The summed E-state index contributed by atoms with van der Waals surface area (Å²) in [7, 11) is -4.11. The standard InChI is InChI=1S/C38H34Cl2F5N3O8S/c1-4-28(39)27(29(40)5-2)16-31(23-9-12-30(56-37(41)42)32(14-23)54-20-21-6-7-21)55-34(49)19-47-35(50)25-11-10-24(15-26(25)36(47)51)48(57(3,52)53)18-22-8-13-33(46-17-22)38(43,44)45/h4-5,8-15,17,21,31,37H,1,6-7,16,18-20H2,2-3H3/b28-27+,29-5+/t31-/m0/s1. The molecule has 0 N–H and O–H groups in total. The number of aromatic nitrogens is 1. The van der Waals surface area contributed by atoms with E-state index in [0.29, 0.717) is 11.0 Å². The van der Waals surface area contributed by atoms with Crippen LogP contribution in [0.15, 0.2) is 89.1 Å². The van der Waals surface area contributed by atoms with Gasteiger partial charge in [-0.2, -0.15) is 22.0 Å². The number of rotatable bonds is 17. The van der Waals surface area contributed by atoms with Crippen LogP contribution in [0, 0.1) is 5.92 Å². The van der Waals surface area contributed by atoms with Crippen LogP contribution < -0.4 is 13.8 Å². The maximum absolute atomic E-state index is 13.6. The molecule has 304 valence electrons. The number of alkyl halides is 5. The van der Waals surface area contributed by atoms with Crippen molar-refractivity contribution in [3.05, 3.63) is 117 Å². The number of hydrogen-bond acceptors (Lipinski definition) is 9. The summed E-state index contributed by atoms with van der Waals surface area (Å²) in [6, 6.07) is 9.22. The molecule has 1 aliphatic heterocycles. The lowest BCUT2D eigenvalue weighted by Crippen LogP contribution is -2.36. The van der Waals surface area contributed by atoms with Crippen molar-refractivity contribution >= 4 is 56.7 Å². The summed E-state index contributed by atoms with van der Waals surface area (Å²) in [6.45, 7) is 0.976. The molecule has 0 radical (unpaired) electrons. The number of amides is 2. The minimum absolute atomic E-state index is 0.0490. The Labute approximate surface area is 334 Å². The second kappa shape index (κ2) is 17.6. The van der Waals surface area contributed by atoms with E-state index in [1.807, 2.05) is 0 Å². The van der Waals surface area contributed by atoms with E-state index in [1.165, 1.54) is 42.5 Å². The molecule has 0 spiro atoms. The van der Waals surface area contributed by atoms with E-state index in [0.717, 1.165) is 41.7 Å². The number of nitrogens with zero attached hydrogens (tertiary/aromatic N) is 3. The van der Waals surface area contributed by atoms with Gasteiger partial charge < -0.3 is 14.2 Å². The van der Waals surface area contributed by atoms with Gasteiger partial charge in [0, 0.05) is 22.7 Å². The lowest BCUT2D eigenvalue weighted by Gasteiger charge is -2.23. The summed E-state index contributed by atoms with van der Waals surface area (Å²) in [6.07, 6.45) is 0.209. The van der Waals surface area contributed by atoms with Gasteiger partial charge in [0.1, 0.15) is 18.3 Å². The molecule has 2 aliphatic rings. The van der Waals surface area contributed by atoms with Crippen molar-refractivity contribution in [2.75, 3.05) is 23.7 Å². The number of esters is 1. The largest absolute Gasteiger partial charge is 0.489 e. The Kier molecular flexibility index (Phi) is 13.4. The van der Waals surface area contributed by atoms with Gasteiger partial charge in [-0.3, -0.25) is 28.6 Å². The van der Waals surface area contributed by atoms with Crippen molar-refractivity contribution in [1.82, 2.24) is 9.88 Å². The first kappa shape index (κ1) is 43.1. The molecule has 2 aromatic carbocycles. The van der Waals surface area contributed by atoms with E-state index in [9.17, 15) is 44.8 Å². The van der Waals surface area contributed by atoms with Gasteiger partial charge in [-0.15, -0.1) is 0 Å². The number of benzene rings is 2. The number of allylic oxidation sites excluding steroid dienone is 4. The van der Waals surface area contributed by atoms with E-state index in [1.54, 1.807) is 6.92 Å². The van der Waals surface area contributed by atoms with Gasteiger partial charge in [-0.05, 0) is 78.8 Å². The number of fused-ring (bicyclic) bond motifs is 1. The van der Waals surface area contributed by atoms with Crippen LogP contribution in [-0.2, 0) is 32.3 Å². The predicted octanol–water partition coefficient (Wildman–Crippen LogP) is 8.55. The number of sulfonamides is 1. The van der Waals surface area contributed by atoms with Gasteiger partial charge in [0.2, 0.25) is 10.0 Å². The fraction of sp³-hybridized carbons (Fsp3) is 0.316. The normalized spacial score (nSPS) is 15.6. The summed E-state index contributed by atoms with van der Waals surface area (Å²) in [4.78, 5) is 44.6. The Balaban J connectivity index is 1.41. The van der Waals surface area contributed by atoms with Crippen LogP contribution >= 0.6 is 23.2 Å². The fourth-order valence-electron chi connectivity index (χ4n) is 5.70. The molecule has 3 aromatic rings. The molecule has 0 saturated heterocycles. The minimum Gasteiger partial charge on any atom is -0.489 e. The van der Waals surface area contributed by atoms with Crippen molar-refractivity contribution < 1.29 is 59.0 Å². The third kappa shape index (κ3) is 10.7. The molecule has 2 heterocycles. The number of anilines is 1. The summed E-state index contributed by atoms with van der Waals surface area (Å²) >= 11 is 12.9. The summed E-state index contributed by atoms with van der Waals surface area (Å²) in [5.74, 6) is -3.02. The fourth-order valence-corrected chi connectivity index (χ4v) is 6.98. The summed E-state index contributed by atoms with van der Waals surface area (Å²) in [5.41, 5.74) is -1.07. The van der Waals surface area contributed by atoms with Gasteiger partial charge in [0.25, 0.3) is 11.8 Å². The van der Waals surface area contributed by atoms with Crippen LogP contribution in [0.3, 0.4) is 0 Å². The first-order valence-corrected chi connectivity index (χ1v) is 19.7.